The second-order valence-corrected chi connectivity index (χ2v) is 9.53. The first-order valence-electron chi connectivity index (χ1n) is 5.46. The summed E-state index contributed by atoms with van der Waals surface area (Å²) in [4.78, 5) is 11.1. The van der Waals surface area contributed by atoms with Crippen molar-refractivity contribution in [1.82, 2.24) is 0 Å². The third kappa shape index (κ3) is 3.58. The van der Waals surface area contributed by atoms with Crippen LogP contribution in [-0.4, -0.2) is 26.8 Å². The van der Waals surface area contributed by atoms with E-state index in [1.54, 1.807) is 27.7 Å². The van der Waals surface area contributed by atoms with Gasteiger partial charge in [0.05, 0.1) is 0 Å². The molecule has 0 aromatic carbocycles. The Balaban J connectivity index is 3.18. The molecule has 0 N–H and O–H groups in total. The van der Waals surface area contributed by atoms with Gasteiger partial charge in [0, 0.05) is 6.92 Å². The lowest BCUT2D eigenvalue weighted by Gasteiger charge is -2.29. The molecule has 0 spiro atoms. The van der Waals surface area contributed by atoms with Gasteiger partial charge in [-0.1, -0.05) is 34.8 Å². The van der Waals surface area contributed by atoms with Gasteiger partial charge in [0.25, 0.3) is 0 Å². The lowest BCUT2D eigenvalue weighted by Crippen LogP contribution is -2.41. The van der Waals surface area contributed by atoms with E-state index in [0.717, 1.165) is 6.92 Å². The lowest BCUT2D eigenvalue weighted by molar-refractivity contribution is -0.143. The van der Waals surface area contributed by atoms with E-state index < -0.39 is 34.4 Å². The van der Waals surface area contributed by atoms with Gasteiger partial charge in [0.1, 0.15) is 11.2 Å². The van der Waals surface area contributed by atoms with Crippen LogP contribution < -0.4 is 0 Å². The van der Waals surface area contributed by atoms with Crippen molar-refractivity contribution >= 4 is 48.4 Å². The topological polar surface area (TPSA) is 61.8 Å². The number of alkyl halides is 3. The fourth-order valence-corrected chi connectivity index (χ4v) is 5.22. The summed E-state index contributed by atoms with van der Waals surface area (Å²) in [6.45, 7) is 7.87. The zero-order valence-corrected chi connectivity index (χ0v) is 14.4. The van der Waals surface area contributed by atoms with E-state index in [4.69, 9.17) is 48.6 Å². The average Bonchev–Trinajstić information content (AvgIpc) is 2.25. The molecule has 1 rings (SSSR count). The lowest BCUT2D eigenvalue weighted by atomic mass is 9.90. The van der Waals surface area contributed by atoms with E-state index >= 15 is 0 Å². The molecule has 112 valence electrons. The molecule has 5 nitrogen and oxygen atoms in total. The van der Waals surface area contributed by atoms with Crippen LogP contribution in [0.2, 0.25) is 0 Å². The van der Waals surface area contributed by atoms with E-state index in [-0.39, 0.29) is 0 Å². The summed E-state index contributed by atoms with van der Waals surface area (Å²) >= 11 is 17.2. The van der Waals surface area contributed by atoms with Gasteiger partial charge in [0.2, 0.25) is 9.64 Å². The number of carbonyl (C=O) groups excluding carboxylic acids is 1. The van der Waals surface area contributed by atoms with Crippen LogP contribution in [0.4, 0.5) is 0 Å². The first kappa shape index (κ1) is 17.5. The second-order valence-electron chi connectivity index (χ2n) is 5.25. The predicted octanol–water partition coefficient (Wildman–Crippen LogP) is 4.04. The summed E-state index contributed by atoms with van der Waals surface area (Å²) in [7, 11) is -3.94. The molecule has 1 atom stereocenters. The smallest absolute Gasteiger partial charge is 0.376 e. The standard InChI is InChI=1S/C10H16Cl3O5P/c1-6(14)16-7(10(11,12)13)19(15)17-8(2,3)9(4,5)18-19/h7H,1-5H3. The van der Waals surface area contributed by atoms with Crippen LogP contribution in [0.25, 0.3) is 0 Å². The normalized spacial score (nSPS) is 25.9. The van der Waals surface area contributed by atoms with Gasteiger partial charge in [-0.05, 0) is 27.7 Å². The Labute approximate surface area is 127 Å². The first-order chi connectivity index (χ1) is 8.21. The molecule has 1 fully saturated rings. The summed E-state index contributed by atoms with van der Waals surface area (Å²) in [6.07, 6.45) is 0. The number of hydrogen-bond acceptors (Lipinski definition) is 5. The summed E-state index contributed by atoms with van der Waals surface area (Å²) in [5.41, 5.74) is -1.78. The Kier molecular flexibility index (Phi) is 4.66. The highest BCUT2D eigenvalue weighted by Crippen LogP contribution is 2.70. The van der Waals surface area contributed by atoms with Crippen LogP contribution in [0.5, 0.6) is 0 Å². The summed E-state index contributed by atoms with van der Waals surface area (Å²) in [6, 6.07) is 0. The molecule has 0 aromatic heterocycles. The Morgan fingerprint density at radius 2 is 1.53 bits per heavy atom. The van der Waals surface area contributed by atoms with Crippen LogP contribution in [0, 0.1) is 0 Å². The Hall–Kier alpha value is 0.490. The van der Waals surface area contributed by atoms with Gasteiger partial charge in [-0.2, -0.15) is 0 Å². The predicted molar refractivity (Wildman–Crippen MR) is 73.8 cm³/mol. The Bertz CT molecular complexity index is 409. The van der Waals surface area contributed by atoms with Gasteiger partial charge >= 0.3 is 13.6 Å². The number of halogens is 3. The van der Waals surface area contributed by atoms with Crippen molar-refractivity contribution in [3.05, 3.63) is 0 Å². The molecule has 9 heteroatoms. The largest absolute Gasteiger partial charge is 0.445 e. The Morgan fingerprint density at radius 1 is 1.16 bits per heavy atom. The van der Waals surface area contributed by atoms with E-state index in [0.29, 0.717) is 0 Å². The van der Waals surface area contributed by atoms with Crippen molar-refractivity contribution in [3.63, 3.8) is 0 Å². The van der Waals surface area contributed by atoms with Crippen LogP contribution in [0.15, 0.2) is 0 Å². The number of ether oxygens (including phenoxy) is 1. The van der Waals surface area contributed by atoms with Crippen molar-refractivity contribution < 1.29 is 23.1 Å². The molecule has 0 bridgehead atoms. The molecule has 1 unspecified atom stereocenters. The quantitative estimate of drug-likeness (QED) is 0.426. The zero-order valence-electron chi connectivity index (χ0n) is 11.2. The number of rotatable bonds is 2. The third-order valence-corrected chi connectivity index (χ3v) is 6.55. The number of carbonyl (C=O) groups is 1. The fourth-order valence-electron chi connectivity index (χ4n) is 1.44. The second kappa shape index (κ2) is 5.04. The molecule has 0 aliphatic carbocycles. The zero-order chi connectivity index (χ0) is 15.3. The van der Waals surface area contributed by atoms with Gasteiger partial charge < -0.3 is 4.74 Å². The molecule has 1 aliphatic heterocycles. The van der Waals surface area contributed by atoms with Crippen LogP contribution in [0.1, 0.15) is 34.6 Å². The number of hydrogen-bond donors (Lipinski definition) is 0. The summed E-state index contributed by atoms with van der Waals surface area (Å²) < 4.78 is 26.4. The van der Waals surface area contributed by atoms with Crippen molar-refractivity contribution in [2.75, 3.05) is 0 Å². The minimum Gasteiger partial charge on any atom is -0.445 e. The van der Waals surface area contributed by atoms with Gasteiger partial charge in [-0.15, -0.1) is 0 Å². The summed E-state index contributed by atoms with van der Waals surface area (Å²) in [5, 5.41) is 0. The van der Waals surface area contributed by atoms with Crippen LogP contribution in [-0.2, 0) is 23.1 Å². The molecule has 0 radical (unpaired) electrons. The van der Waals surface area contributed by atoms with Crippen molar-refractivity contribution in [2.24, 2.45) is 0 Å². The maximum atomic E-state index is 12.8. The maximum Gasteiger partial charge on any atom is 0.376 e. The van der Waals surface area contributed by atoms with Crippen molar-refractivity contribution in [3.8, 4) is 0 Å². The Morgan fingerprint density at radius 3 is 1.79 bits per heavy atom. The van der Waals surface area contributed by atoms with E-state index in [9.17, 15) is 9.36 Å². The minimum absolute atomic E-state index is 0.749. The SMILES string of the molecule is CC(=O)OC(C(Cl)(Cl)Cl)P1(=O)OC(C)(C)C(C)(C)O1. The highest BCUT2D eigenvalue weighted by Gasteiger charge is 2.63. The monoisotopic (exact) mass is 352 g/mol. The first-order valence-corrected chi connectivity index (χ1v) is 8.21. The molecule has 1 saturated heterocycles. The fraction of sp³-hybridized carbons (Fsp3) is 0.900. The van der Waals surface area contributed by atoms with Crippen LogP contribution >= 0.6 is 42.4 Å². The maximum absolute atomic E-state index is 12.8. The molecule has 19 heavy (non-hydrogen) atoms. The minimum atomic E-state index is -3.94. The van der Waals surface area contributed by atoms with Crippen molar-refractivity contribution in [2.45, 2.75) is 55.5 Å². The van der Waals surface area contributed by atoms with E-state index in [2.05, 4.69) is 0 Å². The highest BCUT2D eigenvalue weighted by molar-refractivity contribution is 7.55. The van der Waals surface area contributed by atoms with Crippen molar-refractivity contribution in [1.29, 1.82) is 0 Å². The van der Waals surface area contributed by atoms with E-state index in [1.807, 2.05) is 0 Å². The number of esters is 1. The van der Waals surface area contributed by atoms with E-state index in [1.165, 1.54) is 0 Å². The summed E-state index contributed by atoms with van der Waals surface area (Å²) in [5.74, 6) is -2.37. The molecule has 0 saturated carbocycles. The van der Waals surface area contributed by atoms with Gasteiger partial charge in [-0.3, -0.25) is 18.4 Å². The average molecular weight is 354 g/mol. The van der Waals surface area contributed by atoms with Gasteiger partial charge in [-0.25, -0.2) is 0 Å². The van der Waals surface area contributed by atoms with Gasteiger partial charge in [0.15, 0.2) is 0 Å². The third-order valence-electron chi connectivity index (χ3n) is 3.01. The molecule has 0 amide bonds. The molecular weight excluding hydrogens is 337 g/mol. The highest BCUT2D eigenvalue weighted by atomic mass is 35.6. The molecule has 1 heterocycles. The molecule has 1 aliphatic rings. The molecule has 0 aromatic rings. The van der Waals surface area contributed by atoms with Crippen LogP contribution in [0.3, 0.4) is 0 Å². The molecular formula is C10H16Cl3O5P.